The van der Waals surface area contributed by atoms with Crippen LogP contribution in [-0.2, 0) is 32.6 Å². The molecule has 0 fully saturated rings. The quantitative estimate of drug-likeness (QED) is 0.288. The van der Waals surface area contributed by atoms with E-state index in [0.717, 1.165) is 16.1 Å². The first-order valence-electron chi connectivity index (χ1n) is 11.9. The number of benzene rings is 3. The van der Waals surface area contributed by atoms with Crippen LogP contribution in [0.3, 0.4) is 0 Å². The lowest BCUT2D eigenvalue weighted by Crippen LogP contribution is -2.53. The maximum atomic E-state index is 14.0. The number of sulfonamides is 1. The predicted octanol–water partition coefficient (Wildman–Crippen LogP) is 5.84. The summed E-state index contributed by atoms with van der Waals surface area (Å²) in [6, 6.07) is 17.4. The zero-order chi connectivity index (χ0) is 28.7. The summed E-state index contributed by atoms with van der Waals surface area (Å²) in [5.41, 5.74) is 1.26. The third kappa shape index (κ3) is 8.25. The van der Waals surface area contributed by atoms with Gasteiger partial charge in [0.2, 0.25) is 21.8 Å². The van der Waals surface area contributed by atoms with Gasteiger partial charge in [-0.3, -0.25) is 13.9 Å². The molecule has 0 aromatic heterocycles. The first-order chi connectivity index (χ1) is 18.4. The Morgan fingerprint density at radius 2 is 1.54 bits per heavy atom. The van der Waals surface area contributed by atoms with Gasteiger partial charge in [0, 0.05) is 40.1 Å². The van der Waals surface area contributed by atoms with E-state index in [1.54, 1.807) is 25.1 Å². The van der Waals surface area contributed by atoms with Crippen molar-refractivity contribution >= 4 is 73.9 Å². The summed E-state index contributed by atoms with van der Waals surface area (Å²) in [6.07, 6.45) is 1.12. The number of likely N-dealkylation sites (N-methyl/N-ethyl adjacent to an activating group) is 1. The van der Waals surface area contributed by atoms with Gasteiger partial charge in [-0.25, -0.2) is 8.42 Å². The molecule has 2 amide bonds. The molecule has 3 aromatic rings. The fourth-order valence-corrected chi connectivity index (χ4v) is 5.78. The van der Waals surface area contributed by atoms with E-state index in [2.05, 4.69) is 5.32 Å². The Morgan fingerprint density at radius 1 is 0.897 bits per heavy atom. The van der Waals surface area contributed by atoms with Crippen LogP contribution < -0.4 is 9.62 Å². The molecule has 1 atom stereocenters. The molecule has 3 aromatic carbocycles. The Balaban J connectivity index is 2.11. The zero-order valence-electron chi connectivity index (χ0n) is 21.2. The van der Waals surface area contributed by atoms with Crippen LogP contribution in [0, 0.1) is 0 Å². The van der Waals surface area contributed by atoms with E-state index in [1.165, 1.54) is 23.1 Å². The fraction of sp³-hybridized carbons (Fsp3) is 0.259. The lowest BCUT2D eigenvalue weighted by atomic mass is 10.0. The van der Waals surface area contributed by atoms with E-state index < -0.39 is 34.4 Å². The van der Waals surface area contributed by atoms with Gasteiger partial charge in [-0.15, -0.1) is 0 Å². The van der Waals surface area contributed by atoms with Gasteiger partial charge in [-0.05, 0) is 42.8 Å². The van der Waals surface area contributed by atoms with Crippen molar-refractivity contribution < 1.29 is 18.0 Å². The Labute approximate surface area is 248 Å². The summed E-state index contributed by atoms with van der Waals surface area (Å²) >= 11 is 25.3. The molecule has 0 aliphatic heterocycles. The molecule has 12 heteroatoms. The number of nitrogens with one attached hydrogen (secondary N) is 1. The van der Waals surface area contributed by atoms with Gasteiger partial charge in [0.1, 0.15) is 12.6 Å². The summed E-state index contributed by atoms with van der Waals surface area (Å²) in [4.78, 5) is 28.7. The molecule has 0 bridgehead atoms. The van der Waals surface area contributed by atoms with Crippen molar-refractivity contribution in [2.75, 3.05) is 23.7 Å². The second kappa shape index (κ2) is 13.7. The van der Waals surface area contributed by atoms with Crippen LogP contribution >= 0.6 is 46.4 Å². The van der Waals surface area contributed by atoms with Gasteiger partial charge in [-0.1, -0.05) is 82.8 Å². The number of hydrogen-bond acceptors (Lipinski definition) is 4. The molecular formula is C27H27Cl4N3O4S. The molecule has 0 spiro atoms. The van der Waals surface area contributed by atoms with Crippen LogP contribution in [0.5, 0.6) is 0 Å². The van der Waals surface area contributed by atoms with Crippen molar-refractivity contribution in [2.45, 2.75) is 25.9 Å². The monoisotopic (exact) mass is 629 g/mol. The molecular weight excluding hydrogens is 604 g/mol. The number of carbonyl (C=O) groups is 2. The average molecular weight is 631 g/mol. The molecule has 0 saturated carbocycles. The number of carbonyl (C=O) groups excluding carboxylic acids is 2. The van der Waals surface area contributed by atoms with Crippen LogP contribution in [0.1, 0.15) is 18.1 Å². The van der Waals surface area contributed by atoms with Crippen molar-refractivity contribution in [3.63, 3.8) is 0 Å². The third-order valence-corrected chi connectivity index (χ3v) is 8.26. The van der Waals surface area contributed by atoms with Crippen molar-refractivity contribution in [3.05, 3.63) is 97.9 Å². The first kappa shape index (κ1) is 31.0. The normalized spacial score (nSPS) is 12.1. The SMILES string of the molecule is CCNC(=O)[C@H](Cc1ccccc1)N(Cc1c(Cl)cccc1Cl)C(=O)CN(c1cc(Cl)ccc1Cl)S(C)(=O)=O. The fourth-order valence-electron chi connectivity index (χ4n) is 3.97. The third-order valence-electron chi connectivity index (χ3n) is 5.87. The average Bonchev–Trinajstić information content (AvgIpc) is 2.87. The predicted molar refractivity (Wildman–Crippen MR) is 158 cm³/mol. The molecule has 0 radical (unpaired) electrons. The van der Waals surface area contributed by atoms with Crippen LogP contribution in [-0.4, -0.2) is 50.5 Å². The van der Waals surface area contributed by atoms with Gasteiger partial charge in [-0.2, -0.15) is 0 Å². The van der Waals surface area contributed by atoms with Crippen LogP contribution in [0.4, 0.5) is 5.69 Å². The Hall–Kier alpha value is -2.49. The van der Waals surface area contributed by atoms with Crippen LogP contribution in [0.25, 0.3) is 0 Å². The smallest absolute Gasteiger partial charge is 0.244 e. The van der Waals surface area contributed by atoms with E-state index in [-0.39, 0.29) is 28.7 Å². The molecule has 0 aliphatic carbocycles. The minimum absolute atomic E-state index is 0.0355. The van der Waals surface area contributed by atoms with Crippen molar-refractivity contribution in [2.24, 2.45) is 0 Å². The molecule has 39 heavy (non-hydrogen) atoms. The van der Waals surface area contributed by atoms with Crippen molar-refractivity contribution in [1.82, 2.24) is 10.2 Å². The highest BCUT2D eigenvalue weighted by Crippen LogP contribution is 2.32. The summed E-state index contributed by atoms with van der Waals surface area (Å²) in [6.45, 7) is 1.30. The zero-order valence-corrected chi connectivity index (χ0v) is 25.0. The van der Waals surface area contributed by atoms with Gasteiger partial charge >= 0.3 is 0 Å². The number of halogens is 4. The van der Waals surface area contributed by atoms with E-state index in [1.807, 2.05) is 30.3 Å². The standard InChI is InChI=1S/C27H27Cl4N3O4S/c1-3-32-27(36)25(14-18-8-5-4-6-9-18)33(16-20-21(29)10-7-11-22(20)30)26(35)17-34(39(2,37)38)24-15-19(28)12-13-23(24)31/h4-13,15,25H,3,14,16-17H2,1-2H3,(H,32,36)/t25-/m0/s1. The molecule has 0 saturated heterocycles. The van der Waals surface area contributed by atoms with Gasteiger partial charge in [0.15, 0.2) is 0 Å². The van der Waals surface area contributed by atoms with Gasteiger partial charge in [0.25, 0.3) is 0 Å². The van der Waals surface area contributed by atoms with Crippen molar-refractivity contribution in [3.8, 4) is 0 Å². The van der Waals surface area contributed by atoms with E-state index in [9.17, 15) is 18.0 Å². The Kier molecular flexibility index (Phi) is 10.9. The minimum Gasteiger partial charge on any atom is -0.355 e. The largest absolute Gasteiger partial charge is 0.355 e. The highest BCUT2D eigenvalue weighted by molar-refractivity contribution is 7.92. The van der Waals surface area contributed by atoms with Crippen molar-refractivity contribution in [1.29, 1.82) is 0 Å². The van der Waals surface area contributed by atoms with E-state index >= 15 is 0 Å². The Morgan fingerprint density at radius 3 is 2.13 bits per heavy atom. The lowest BCUT2D eigenvalue weighted by Gasteiger charge is -2.34. The lowest BCUT2D eigenvalue weighted by molar-refractivity contribution is -0.140. The summed E-state index contributed by atoms with van der Waals surface area (Å²) < 4.78 is 26.6. The summed E-state index contributed by atoms with van der Waals surface area (Å²) in [5.74, 6) is -1.08. The topological polar surface area (TPSA) is 86.8 Å². The summed E-state index contributed by atoms with van der Waals surface area (Å²) in [5, 5.41) is 3.70. The minimum atomic E-state index is -4.00. The number of hydrogen-bond donors (Lipinski definition) is 1. The molecule has 208 valence electrons. The van der Waals surface area contributed by atoms with E-state index in [0.29, 0.717) is 22.2 Å². The van der Waals surface area contributed by atoms with Gasteiger partial charge < -0.3 is 10.2 Å². The molecule has 1 N–H and O–H groups in total. The number of rotatable bonds is 11. The second-order valence-corrected chi connectivity index (χ2v) is 12.3. The summed E-state index contributed by atoms with van der Waals surface area (Å²) in [7, 11) is -4.00. The number of nitrogens with zero attached hydrogens (tertiary/aromatic N) is 2. The first-order valence-corrected chi connectivity index (χ1v) is 15.2. The maximum Gasteiger partial charge on any atom is 0.244 e. The van der Waals surface area contributed by atoms with Crippen LogP contribution in [0.15, 0.2) is 66.7 Å². The second-order valence-electron chi connectivity index (χ2n) is 8.69. The molecule has 3 rings (SSSR count). The molecule has 0 heterocycles. The van der Waals surface area contributed by atoms with E-state index in [4.69, 9.17) is 46.4 Å². The highest BCUT2D eigenvalue weighted by atomic mass is 35.5. The highest BCUT2D eigenvalue weighted by Gasteiger charge is 2.34. The molecule has 0 aliphatic rings. The van der Waals surface area contributed by atoms with Gasteiger partial charge in [0.05, 0.1) is 17.0 Å². The Bertz CT molecular complexity index is 1420. The molecule has 7 nitrogen and oxygen atoms in total. The van der Waals surface area contributed by atoms with Crippen LogP contribution in [0.2, 0.25) is 20.1 Å². The molecule has 0 unspecified atom stereocenters. The maximum absolute atomic E-state index is 14.0. The number of amides is 2. The number of anilines is 1.